The molecule has 0 N–H and O–H groups in total. The van der Waals surface area contributed by atoms with Crippen molar-refractivity contribution in [2.75, 3.05) is 6.54 Å². The Morgan fingerprint density at radius 3 is 2.64 bits per heavy atom. The van der Waals surface area contributed by atoms with E-state index in [1.165, 1.54) is 22.5 Å². The SMILES string of the molecule is O=S(=O)(c1cccc(Cl)c1)N1CCCC1c1ccccc1F. The Hall–Kier alpha value is -1.43. The van der Waals surface area contributed by atoms with Gasteiger partial charge in [0.05, 0.1) is 10.9 Å². The van der Waals surface area contributed by atoms with E-state index >= 15 is 0 Å². The van der Waals surface area contributed by atoms with Gasteiger partial charge in [0.2, 0.25) is 10.0 Å². The molecule has 0 aromatic heterocycles. The Balaban J connectivity index is 2.01. The maximum atomic E-state index is 14.0. The highest BCUT2D eigenvalue weighted by atomic mass is 35.5. The second-order valence-corrected chi connectivity index (χ2v) is 7.58. The minimum Gasteiger partial charge on any atom is -0.207 e. The first-order valence-corrected chi connectivity index (χ1v) is 8.84. The largest absolute Gasteiger partial charge is 0.243 e. The molecule has 3 rings (SSSR count). The van der Waals surface area contributed by atoms with Crippen LogP contribution in [-0.4, -0.2) is 19.3 Å². The number of hydrogen-bond acceptors (Lipinski definition) is 2. The number of sulfonamides is 1. The number of hydrogen-bond donors (Lipinski definition) is 0. The Kier molecular flexibility index (Phi) is 4.21. The second-order valence-electron chi connectivity index (χ2n) is 5.25. The van der Waals surface area contributed by atoms with Crippen molar-refractivity contribution in [3.8, 4) is 0 Å². The maximum Gasteiger partial charge on any atom is 0.243 e. The lowest BCUT2D eigenvalue weighted by molar-refractivity contribution is 0.386. The summed E-state index contributed by atoms with van der Waals surface area (Å²) >= 11 is 5.89. The molecule has 0 bridgehead atoms. The zero-order valence-corrected chi connectivity index (χ0v) is 13.3. The topological polar surface area (TPSA) is 37.4 Å². The molecule has 22 heavy (non-hydrogen) atoms. The molecule has 2 aromatic carbocycles. The van der Waals surface area contributed by atoms with Crippen LogP contribution in [0, 0.1) is 5.82 Å². The molecule has 0 amide bonds. The molecule has 1 aliphatic heterocycles. The molecule has 0 saturated carbocycles. The number of nitrogens with zero attached hydrogens (tertiary/aromatic N) is 1. The van der Waals surface area contributed by atoms with E-state index in [4.69, 9.17) is 11.6 Å². The van der Waals surface area contributed by atoms with E-state index in [0.29, 0.717) is 30.0 Å². The summed E-state index contributed by atoms with van der Waals surface area (Å²) < 4.78 is 41.1. The number of benzene rings is 2. The van der Waals surface area contributed by atoms with Crippen LogP contribution in [0.2, 0.25) is 5.02 Å². The summed E-state index contributed by atoms with van der Waals surface area (Å²) in [6, 6.07) is 12.0. The Morgan fingerprint density at radius 1 is 1.14 bits per heavy atom. The highest BCUT2D eigenvalue weighted by Crippen LogP contribution is 2.37. The van der Waals surface area contributed by atoms with E-state index in [1.807, 2.05) is 0 Å². The van der Waals surface area contributed by atoms with Crippen molar-refractivity contribution < 1.29 is 12.8 Å². The third kappa shape index (κ3) is 2.76. The lowest BCUT2D eigenvalue weighted by Crippen LogP contribution is -2.31. The van der Waals surface area contributed by atoms with E-state index < -0.39 is 16.1 Å². The van der Waals surface area contributed by atoms with Crippen LogP contribution in [0.1, 0.15) is 24.4 Å². The van der Waals surface area contributed by atoms with Crippen LogP contribution < -0.4 is 0 Å². The van der Waals surface area contributed by atoms with Crippen molar-refractivity contribution in [1.29, 1.82) is 0 Å². The molecule has 1 fully saturated rings. The molecule has 0 spiro atoms. The van der Waals surface area contributed by atoms with E-state index in [2.05, 4.69) is 0 Å². The molecule has 1 saturated heterocycles. The van der Waals surface area contributed by atoms with Gasteiger partial charge in [-0.1, -0.05) is 35.9 Å². The minimum atomic E-state index is -3.69. The summed E-state index contributed by atoms with van der Waals surface area (Å²) in [5.74, 6) is -0.374. The van der Waals surface area contributed by atoms with Gasteiger partial charge in [-0.15, -0.1) is 0 Å². The Labute approximate surface area is 134 Å². The summed E-state index contributed by atoms with van der Waals surface area (Å²) in [5, 5.41) is 0.364. The molecule has 0 aliphatic carbocycles. The van der Waals surface area contributed by atoms with Gasteiger partial charge in [0.25, 0.3) is 0 Å². The van der Waals surface area contributed by atoms with E-state index in [1.54, 1.807) is 30.3 Å². The predicted octanol–water partition coefficient (Wildman–Crippen LogP) is 4.00. The van der Waals surface area contributed by atoms with E-state index in [-0.39, 0.29) is 10.7 Å². The molecular formula is C16H15ClFNO2S. The molecule has 2 aromatic rings. The highest BCUT2D eigenvalue weighted by molar-refractivity contribution is 7.89. The summed E-state index contributed by atoms with van der Waals surface area (Å²) in [5.41, 5.74) is 0.422. The quantitative estimate of drug-likeness (QED) is 0.847. The summed E-state index contributed by atoms with van der Waals surface area (Å²) in [4.78, 5) is 0.142. The zero-order chi connectivity index (χ0) is 15.7. The van der Waals surface area contributed by atoms with Crippen LogP contribution in [0.25, 0.3) is 0 Å². The van der Waals surface area contributed by atoms with Crippen LogP contribution in [0.3, 0.4) is 0 Å². The van der Waals surface area contributed by atoms with Crippen LogP contribution in [-0.2, 0) is 10.0 Å². The van der Waals surface area contributed by atoms with Crippen molar-refractivity contribution in [2.24, 2.45) is 0 Å². The van der Waals surface area contributed by atoms with Crippen LogP contribution in [0.5, 0.6) is 0 Å². The molecule has 1 unspecified atom stereocenters. The van der Waals surface area contributed by atoms with Crippen LogP contribution in [0.4, 0.5) is 4.39 Å². The van der Waals surface area contributed by atoms with Crippen molar-refractivity contribution in [1.82, 2.24) is 4.31 Å². The van der Waals surface area contributed by atoms with Gasteiger partial charge in [0.1, 0.15) is 5.82 Å². The normalized spacial score (nSPS) is 19.5. The standard InChI is InChI=1S/C16H15ClFNO2S/c17-12-5-3-6-13(11-12)22(20,21)19-10-4-9-16(19)14-7-1-2-8-15(14)18/h1-3,5-8,11,16H,4,9-10H2. The van der Waals surface area contributed by atoms with Crippen molar-refractivity contribution in [3.63, 3.8) is 0 Å². The lowest BCUT2D eigenvalue weighted by atomic mass is 10.1. The molecule has 1 aliphatic rings. The first kappa shape index (κ1) is 15.5. The van der Waals surface area contributed by atoms with Gasteiger partial charge in [0, 0.05) is 17.1 Å². The molecule has 1 heterocycles. The van der Waals surface area contributed by atoms with Gasteiger partial charge >= 0.3 is 0 Å². The Morgan fingerprint density at radius 2 is 1.91 bits per heavy atom. The molecular weight excluding hydrogens is 325 g/mol. The highest BCUT2D eigenvalue weighted by Gasteiger charge is 2.37. The predicted molar refractivity (Wildman–Crippen MR) is 83.7 cm³/mol. The van der Waals surface area contributed by atoms with Crippen molar-refractivity contribution in [3.05, 3.63) is 64.9 Å². The summed E-state index contributed by atoms with van der Waals surface area (Å²) in [6.45, 7) is 0.383. The fraction of sp³-hybridized carbons (Fsp3) is 0.250. The van der Waals surface area contributed by atoms with Gasteiger partial charge in [-0.05, 0) is 37.1 Å². The summed E-state index contributed by atoms with van der Waals surface area (Å²) in [6.07, 6.45) is 1.32. The molecule has 6 heteroatoms. The van der Waals surface area contributed by atoms with Gasteiger partial charge in [-0.3, -0.25) is 0 Å². The first-order chi connectivity index (χ1) is 10.5. The zero-order valence-electron chi connectivity index (χ0n) is 11.7. The van der Waals surface area contributed by atoms with Gasteiger partial charge in [-0.25, -0.2) is 12.8 Å². The smallest absolute Gasteiger partial charge is 0.207 e. The average molecular weight is 340 g/mol. The third-order valence-corrected chi connectivity index (χ3v) is 6.01. The Bertz CT molecular complexity index is 794. The lowest BCUT2D eigenvalue weighted by Gasteiger charge is -2.24. The minimum absolute atomic E-state index is 0.142. The average Bonchev–Trinajstić information content (AvgIpc) is 2.98. The van der Waals surface area contributed by atoms with Crippen LogP contribution in [0.15, 0.2) is 53.4 Å². The van der Waals surface area contributed by atoms with Crippen molar-refractivity contribution in [2.45, 2.75) is 23.8 Å². The molecule has 3 nitrogen and oxygen atoms in total. The summed E-state index contributed by atoms with van der Waals surface area (Å²) in [7, 11) is -3.69. The fourth-order valence-corrected chi connectivity index (χ4v) is 4.82. The first-order valence-electron chi connectivity index (χ1n) is 7.02. The maximum absolute atomic E-state index is 14.0. The third-order valence-electron chi connectivity index (χ3n) is 3.87. The fourth-order valence-electron chi connectivity index (χ4n) is 2.85. The van der Waals surface area contributed by atoms with Gasteiger partial charge in [0.15, 0.2) is 0 Å². The molecule has 1 atom stereocenters. The van der Waals surface area contributed by atoms with Gasteiger partial charge < -0.3 is 0 Å². The van der Waals surface area contributed by atoms with E-state index in [9.17, 15) is 12.8 Å². The monoisotopic (exact) mass is 339 g/mol. The van der Waals surface area contributed by atoms with Crippen LogP contribution >= 0.6 is 11.6 Å². The number of halogens is 2. The molecule has 116 valence electrons. The van der Waals surface area contributed by atoms with Gasteiger partial charge in [-0.2, -0.15) is 4.31 Å². The number of rotatable bonds is 3. The van der Waals surface area contributed by atoms with E-state index in [0.717, 1.165) is 0 Å². The van der Waals surface area contributed by atoms with Crippen molar-refractivity contribution >= 4 is 21.6 Å². The second kappa shape index (κ2) is 5.99. The molecule has 0 radical (unpaired) electrons.